The smallest absolute Gasteiger partial charge is 0.261 e. The summed E-state index contributed by atoms with van der Waals surface area (Å²) in [5, 5.41) is 7.16. The summed E-state index contributed by atoms with van der Waals surface area (Å²) in [6, 6.07) is 11.6. The predicted molar refractivity (Wildman–Crippen MR) is 112 cm³/mol. The molecule has 1 fully saturated rings. The molecule has 144 valence electrons. The maximum absolute atomic E-state index is 12.8. The number of pyridine rings is 1. The molecule has 1 saturated heterocycles. The Morgan fingerprint density at radius 1 is 1.07 bits per heavy atom. The highest BCUT2D eigenvalue weighted by Crippen LogP contribution is 2.22. The number of carbonyl (C=O) groups excluding carboxylic acids is 1. The fourth-order valence-corrected chi connectivity index (χ4v) is 3.57. The first-order valence-corrected chi connectivity index (χ1v) is 10.1. The number of hydrogen-bond donors (Lipinski definition) is 1. The van der Waals surface area contributed by atoms with Crippen molar-refractivity contribution in [2.75, 3.05) is 23.3 Å². The molecular formula is C20H21BrN6O. The lowest BCUT2D eigenvalue weighted by molar-refractivity contribution is 0.102. The van der Waals surface area contributed by atoms with Crippen molar-refractivity contribution in [1.82, 2.24) is 19.7 Å². The van der Waals surface area contributed by atoms with E-state index >= 15 is 0 Å². The number of rotatable bonds is 5. The molecule has 0 aliphatic carbocycles. The van der Waals surface area contributed by atoms with Crippen molar-refractivity contribution >= 4 is 33.6 Å². The standard InChI is InChI=1S/C20H21BrN6O/c21-16-8-6-15(7-9-16)13-27-14-23-20(25-27)24-19(28)17-5-4-10-22-18(17)26-11-2-1-3-12-26/h4-10,14H,1-3,11-13H2,(H,24,25,28). The van der Waals surface area contributed by atoms with Crippen molar-refractivity contribution in [3.05, 3.63) is 64.5 Å². The zero-order valence-corrected chi connectivity index (χ0v) is 17.0. The highest BCUT2D eigenvalue weighted by atomic mass is 79.9. The highest BCUT2D eigenvalue weighted by Gasteiger charge is 2.20. The van der Waals surface area contributed by atoms with Gasteiger partial charge in [0.1, 0.15) is 12.1 Å². The van der Waals surface area contributed by atoms with Crippen LogP contribution in [0.5, 0.6) is 0 Å². The largest absolute Gasteiger partial charge is 0.356 e. The third kappa shape index (κ3) is 4.39. The zero-order valence-electron chi connectivity index (χ0n) is 15.4. The third-order valence-corrected chi connectivity index (χ3v) is 5.24. The van der Waals surface area contributed by atoms with Crippen LogP contribution in [0, 0.1) is 0 Å². The van der Waals surface area contributed by atoms with E-state index in [9.17, 15) is 4.79 Å². The van der Waals surface area contributed by atoms with E-state index in [-0.39, 0.29) is 11.9 Å². The first kappa shape index (κ1) is 18.6. The van der Waals surface area contributed by atoms with Gasteiger partial charge in [-0.25, -0.2) is 14.6 Å². The topological polar surface area (TPSA) is 75.9 Å². The number of piperidine rings is 1. The number of carbonyl (C=O) groups is 1. The van der Waals surface area contributed by atoms with E-state index in [1.807, 2.05) is 24.3 Å². The van der Waals surface area contributed by atoms with E-state index in [1.54, 1.807) is 29.3 Å². The summed E-state index contributed by atoms with van der Waals surface area (Å²) in [6.07, 6.45) is 6.82. The maximum Gasteiger partial charge on any atom is 0.261 e. The molecular weight excluding hydrogens is 420 g/mol. The van der Waals surface area contributed by atoms with E-state index in [0.29, 0.717) is 12.1 Å². The van der Waals surface area contributed by atoms with Crippen molar-refractivity contribution in [2.45, 2.75) is 25.8 Å². The quantitative estimate of drug-likeness (QED) is 0.653. The van der Waals surface area contributed by atoms with Crippen molar-refractivity contribution in [2.24, 2.45) is 0 Å². The molecule has 1 amide bonds. The van der Waals surface area contributed by atoms with Crippen molar-refractivity contribution < 1.29 is 4.79 Å². The van der Waals surface area contributed by atoms with Gasteiger partial charge < -0.3 is 4.90 Å². The Hall–Kier alpha value is -2.74. The van der Waals surface area contributed by atoms with E-state index < -0.39 is 0 Å². The Labute approximate surface area is 171 Å². The van der Waals surface area contributed by atoms with Gasteiger partial charge in [0.15, 0.2) is 0 Å². The second kappa shape index (κ2) is 8.52. The fourth-order valence-electron chi connectivity index (χ4n) is 3.31. The molecule has 4 rings (SSSR count). The van der Waals surface area contributed by atoms with Gasteiger partial charge in [-0.3, -0.25) is 10.1 Å². The summed E-state index contributed by atoms with van der Waals surface area (Å²) < 4.78 is 2.73. The van der Waals surface area contributed by atoms with Crippen LogP contribution in [0.25, 0.3) is 0 Å². The van der Waals surface area contributed by atoms with E-state index in [1.165, 1.54) is 6.42 Å². The van der Waals surface area contributed by atoms with Crippen LogP contribution in [0.15, 0.2) is 53.4 Å². The minimum absolute atomic E-state index is 0.241. The number of nitrogens with zero attached hydrogens (tertiary/aromatic N) is 5. The van der Waals surface area contributed by atoms with Gasteiger partial charge in [0.05, 0.1) is 12.1 Å². The molecule has 28 heavy (non-hydrogen) atoms. The number of halogens is 1. The van der Waals surface area contributed by atoms with Crippen LogP contribution in [0.4, 0.5) is 11.8 Å². The molecule has 0 bridgehead atoms. The molecule has 0 unspecified atom stereocenters. The number of anilines is 2. The van der Waals surface area contributed by atoms with E-state index in [4.69, 9.17) is 0 Å². The highest BCUT2D eigenvalue weighted by molar-refractivity contribution is 9.10. The molecule has 1 aliphatic heterocycles. The van der Waals surface area contributed by atoms with Gasteiger partial charge in [0.25, 0.3) is 5.91 Å². The number of amides is 1. The predicted octanol–water partition coefficient (Wildman–Crippen LogP) is 3.73. The van der Waals surface area contributed by atoms with Gasteiger partial charge in [-0.1, -0.05) is 28.1 Å². The van der Waals surface area contributed by atoms with Crippen molar-refractivity contribution in [3.63, 3.8) is 0 Å². The Morgan fingerprint density at radius 3 is 2.64 bits per heavy atom. The van der Waals surface area contributed by atoms with Gasteiger partial charge >= 0.3 is 0 Å². The van der Waals surface area contributed by atoms with Gasteiger partial charge in [0, 0.05) is 23.8 Å². The third-order valence-electron chi connectivity index (χ3n) is 4.71. The summed E-state index contributed by atoms with van der Waals surface area (Å²) in [6.45, 7) is 2.44. The molecule has 3 heterocycles. The van der Waals surface area contributed by atoms with E-state index in [0.717, 1.165) is 41.8 Å². The van der Waals surface area contributed by atoms with Crippen LogP contribution in [0.1, 0.15) is 35.2 Å². The second-order valence-electron chi connectivity index (χ2n) is 6.77. The Kier molecular flexibility index (Phi) is 5.66. The molecule has 0 radical (unpaired) electrons. The molecule has 0 saturated carbocycles. The normalized spacial score (nSPS) is 14.1. The molecule has 7 nitrogen and oxygen atoms in total. The zero-order chi connectivity index (χ0) is 19.3. The van der Waals surface area contributed by atoms with Gasteiger partial charge in [-0.05, 0) is 49.1 Å². The average Bonchev–Trinajstić information content (AvgIpc) is 3.17. The van der Waals surface area contributed by atoms with Crippen LogP contribution in [0.2, 0.25) is 0 Å². The molecule has 0 spiro atoms. The molecule has 2 aromatic heterocycles. The Balaban J connectivity index is 1.46. The molecule has 1 aromatic carbocycles. The number of nitrogens with one attached hydrogen (secondary N) is 1. The summed E-state index contributed by atoms with van der Waals surface area (Å²) in [7, 11) is 0. The van der Waals surface area contributed by atoms with Crippen LogP contribution in [0.3, 0.4) is 0 Å². The number of aromatic nitrogens is 4. The fraction of sp³-hybridized carbons (Fsp3) is 0.300. The minimum atomic E-state index is -0.241. The average molecular weight is 441 g/mol. The van der Waals surface area contributed by atoms with Crippen molar-refractivity contribution in [3.8, 4) is 0 Å². The van der Waals surface area contributed by atoms with Crippen LogP contribution in [-0.4, -0.2) is 38.7 Å². The van der Waals surface area contributed by atoms with Crippen molar-refractivity contribution in [1.29, 1.82) is 0 Å². The molecule has 8 heteroatoms. The number of benzene rings is 1. The second-order valence-corrected chi connectivity index (χ2v) is 7.68. The first-order chi connectivity index (χ1) is 13.7. The van der Waals surface area contributed by atoms with Gasteiger partial charge in [-0.15, -0.1) is 5.10 Å². The molecule has 0 atom stereocenters. The lowest BCUT2D eigenvalue weighted by Crippen LogP contribution is -2.32. The lowest BCUT2D eigenvalue weighted by Gasteiger charge is -2.28. The summed E-state index contributed by atoms with van der Waals surface area (Å²) in [5.74, 6) is 0.777. The molecule has 1 aliphatic rings. The maximum atomic E-state index is 12.8. The SMILES string of the molecule is O=C(Nc1ncn(Cc2ccc(Br)cc2)n1)c1cccnc1N1CCCCC1. The minimum Gasteiger partial charge on any atom is -0.356 e. The van der Waals surface area contributed by atoms with E-state index in [2.05, 4.69) is 41.2 Å². The van der Waals surface area contributed by atoms with Gasteiger partial charge in [0.2, 0.25) is 5.95 Å². The lowest BCUT2D eigenvalue weighted by atomic mass is 10.1. The summed E-state index contributed by atoms with van der Waals surface area (Å²) >= 11 is 3.43. The molecule has 1 N–H and O–H groups in total. The van der Waals surface area contributed by atoms with Crippen LogP contribution in [-0.2, 0) is 6.54 Å². The molecule has 3 aromatic rings. The number of hydrogen-bond acceptors (Lipinski definition) is 5. The Bertz CT molecular complexity index is 949. The monoisotopic (exact) mass is 440 g/mol. The van der Waals surface area contributed by atoms with Crippen LogP contribution >= 0.6 is 15.9 Å². The summed E-state index contributed by atoms with van der Waals surface area (Å²) in [4.78, 5) is 23.7. The summed E-state index contributed by atoms with van der Waals surface area (Å²) in [5.41, 5.74) is 1.65. The van der Waals surface area contributed by atoms with Gasteiger partial charge in [-0.2, -0.15) is 0 Å². The first-order valence-electron chi connectivity index (χ1n) is 9.34. The van der Waals surface area contributed by atoms with Crippen LogP contribution < -0.4 is 10.2 Å². The Morgan fingerprint density at radius 2 is 1.86 bits per heavy atom.